The number of thioether (sulfide) groups is 1. The van der Waals surface area contributed by atoms with Gasteiger partial charge in [-0.2, -0.15) is 0 Å². The van der Waals surface area contributed by atoms with Crippen molar-refractivity contribution in [3.8, 4) is 0 Å². The van der Waals surface area contributed by atoms with Crippen LogP contribution in [0.2, 0.25) is 0 Å². The number of benzene rings is 1. The third kappa shape index (κ3) is 3.05. The summed E-state index contributed by atoms with van der Waals surface area (Å²) in [5, 5.41) is 9.02. The van der Waals surface area contributed by atoms with Gasteiger partial charge in [0.1, 0.15) is 6.04 Å². The lowest BCUT2D eigenvalue weighted by Crippen LogP contribution is -2.42. The Labute approximate surface area is 117 Å². The fourth-order valence-corrected chi connectivity index (χ4v) is 3.21. The molecule has 0 aliphatic carbocycles. The molecule has 1 aromatic carbocycles. The van der Waals surface area contributed by atoms with Crippen molar-refractivity contribution in [2.75, 3.05) is 11.6 Å². The Morgan fingerprint density at radius 3 is 2.67 bits per heavy atom. The summed E-state index contributed by atoms with van der Waals surface area (Å²) in [6, 6.07) is 6.78. The van der Waals surface area contributed by atoms with Gasteiger partial charge in [-0.3, -0.25) is 4.79 Å². The number of aliphatic carboxylic acids is 1. The van der Waals surface area contributed by atoms with E-state index in [0.29, 0.717) is 11.6 Å². The fraction of sp³-hybridized carbons (Fsp3) is 0.333. The minimum atomic E-state index is -0.927. The van der Waals surface area contributed by atoms with E-state index in [-0.39, 0.29) is 12.3 Å². The molecule has 0 unspecified atom stereocenters. The van der Waals surface area contributed by atoms with Gasteiger partial charge >= 0.3 is 5.97 Å². The number of carbonyl (C=O) groups excluding carboxylic acids is 1. The number of nitrogens with zero attached hydrogens (tertiary/aromatic N) is 1. The van der Waals surface area contributed by atoms with Gasteiger partial charge in [-0.25, -0.2) is 4.79 Å². The van der Waals surface area contributed by atoms with E-state index >= 15 is 0 Å². The van der Waals surface area contributed by atoms with E-state index in [1.807, 2.05) is 24.3 Å². The van der Waals surface area contributed by atoms with Crippen LogP contribution >= 0.6 is 27.7 Å². The highest BCUT2D eigenvalue weighted by atomic mass is 79.9. The van der Waals surface area contributed by atoms with E-state index in [4.69, 9.17) is 5.11 Å². The van der Waals surface area contributed by atoms with Gasteiger partial charge in [0.15, 0.2) is 0 Å². The summed E-state index contributed by atoms with van der Waals surface area (Å²) >= 11 is 4.81. The Kier molecular flexibility index (Phi) is 4.29. The fourth-order valence-electron chi connectivity index (χ4n) is 1.77. The number of hydrogen-bond acceptors (Lipinski definition) is 3. The maximum Gasteiger partial charge on any atom is 0.327 e. The zero-order chi connectivity index (χ0) is 13.1. The Balaban J connectivity index is 2.03. The molecule has 1 amide bonds. The molecule has 1 aliphatic heterocycles. The number of carboxylic acids is 1. The second kappa shape index (κ2) is 5.75. The first-order valence-corrected chi connectivity index (χ1v) is 7.37. The van der Waals surface area contributed by atoms with E-state index < -0.39 is 12.0 Å². The molecule has 96 valence electrons. The van der Waals surface area contributed by atoms with Crippen LogP contribution in [-0.2, 0) is 16.0 Å². The first-order valence-electron chi connectivity index (χ1n) is 5.42. The van der Waals surface area contributed by atoms with E-state index in [1.165, 1.54) is 16.7 Å². The first kappa shape index (κ1) is 13.4. The zero-order valence-corrected chi connectivity index (χ0v) is 11.9. The lowest BCUT2D eigenvalue weighted by Gasteiger charge is -2.20. The van der Waals surface area contributed by atoms with Gasteiger partial charge in [0.2, 0.25) is 5.91 Å². The summed E-state index contributed by atoms with van der Waals surface area (Å²) in [4.78, 5) is 24.5. The smallest absolute Gasteiger partial charge is 0.327 e. The molecule has 1 heterocycles. The van der Waals surface area contributed by atoms with Crippen LogP contribution in [0.4, 0.5) is 0 Å². The Bertz CT molecular complexity index is 463. The van der Waals surface area contributed by atoms with E-state index in [0.717, 1.165) is 10.0 Å². The highest BCUT2D eigenvalue weighted by molar-refractivity contribution is 9.10. The summed E-state index contributed by atoms with van der Waals surface area (Å²) in [6.07, 6.45) is 0.248. The molecule has 18 heavy (non-hydrogen) atoms. The van der Waals surface area contributed by atoms with Gasteiger partial charge in [-0.1, -0.05) is 28.1 Å². The molecule has 1 fully saturated rings. The summed E-state index contributed by atoms with van der Waals surface area (Å²) < 4.78 is 0.957. The van der Waals surface area contributed by atoms with Crippen molar-refractivity contribution in [1.82, 2.24) is 4.90 Å². The maximum atomic E-state index is 12.1. The molecule has 0 spiro atoms. The zero-order valence-electron chi connectivity index (χ0n) is 9.51. The molecule has 6 heteroatoms. The molecular formula is C12H12BrNO3S. The summed E-state index contributed by atoms with van der Waals surface area (Å²) in [5.74, 6) is -0.118. The monoisotopic (exact) mass is 329 g/mol. The maximum absolute atomic E-state index is 12.1. The lowest BCUT2D eigenvalue weighted by atomic mass is 10.1. The van der Waals surface area contributed by atoms with Crippen molar-refractivity contribution >= 4 is 39.6 Å². The van der Waals surface area contributed by atoms with Crippen molar-refractivity contribution < 1.29 is 14.7 Å². The van der Waals surface area contributed by atoms with Crippen molar-refractivity contribution in [1.29, 1.82) is 0 Å². The molecule has 1 aliphatic rings. The Morgan fingerprint density at radius 2 is 2.06 bits per heavy atom. The molecule has 0 radical (unpaired) electrons. The largest absolute Gasteiger partial charge is 0.480 e. The topological polar surface area (TPSA) is 57.6 Å². The van der Waals surface area contributed by atoms with Gasteiger partial charge in [-0.05, 0) is 17.7 Å². The molecule has 0 bridgehead atoms. The van der Waals surface area contributed by atoms with Crippen molar-refractivity contribution in [3.63, 3.8) is 0 Å². The number of rotatable bonds is 3. The third-order valence-electron chi connectivity index (χ3n) is 2.76. The second-order valence-electron chi connectivity index (χ2n) is 4.02. The molecule has 0 saturated carbocycles. The van der Waals surface area contributed by atoms with E-state index in [1.54, 1.807) is 0 Å². The number of carboxylic acid groups (broad SMARTS) is 1. The van der Waals surface area contributed by atoms with Crippen LogP contribution in [-0.4, -0.2) is 39.6 Å². The van der Waals surface area contributed by atoms with Gasteiger partial charge in [0.25, 0.3) is 0 Å². The summed E-state index contributed by atoms with van der Waals surface area (Å²) in [6.45, 7) is 0. The Hall–Kier alpha value is -1.01. The summed E-state index contributed by atoms with van der Waals surface area (Å²) in [5.41, 5.74) is 0.893. The van der Waals surface area contributed by atoms with Gasteiger partial charge in [0, 0.05) is 10.2 Å². The van der Waals surface area contributed by atoms with Gasteiger partial charge < -0.3 is 10.0 Å². The van der Waals surface area contributed by atoms with Crippen molar-refractivity contribution in [2.45, 2.75) is 12.5 Å². The second-order valence-corrected chi connectivity index (χ2v) is 5.94. The quantitative estimate of drug-likeness (QED) is 0.921. The number of amides is 1. The van der Waals surface area contributed by atoms with Crippen LogP contribution < -0.4 is 0 Å². The molecule has 1 aromatic rings. The van der Waals surface area contributed by atoms with Crippen LogP contribution in [0.3, 0.4) is 0 Å². The molecule has 1 atom stereocenters. The van der Waals surface area contributed by atoms with E-state index in [2.05, 4.69) is 15.9 Å². The van der Waals surface area contributed by atoms with E-state index in [9.17, 15) is 9.59 Å². The molecule has 4 nitrogen and oxygen atoms in total. The molecule has 1 N–H and O–H groups in total. The molecule has 0 aromatic heterocycles. The molecular weight excluding hydrogens is 318 g/mol. The number of halogens is 1. The van der Waals surface area contributed by atoms with Crippen LogP contribution in [0, 0.1) is 0 Å². The predicted molar refractivity (Wildman–Crippen MR) is 73.4 cm³/mol. The predicted octanol–water partition coefficient (Wildman–Crippen LogP) is 1.98. The van der Waals surface area contributed by atoms with Crippen molar-refractivity contribution in [2.24, 2.45) is 0 Å². The highest BCUT2D eigenvalue weighted by Gasteiger charge is 2.34. The average Bonchev–Trinajstić information content (AvgIpc) is 2.81. The standard InChI is InChI=1S/C12H12BrNO3S/c13-9-3-1-8(2-4-9)5-11(15)14-7-18-6-10(14)12(16)17/h1-4,10H,5-7H2,(H,16,17)/t10-/m0/s1. The van der Waals surface area contributed by atoms with Crippen LogP contribution in [0.25, 0.3) is 0 Å². The lowest BCUT2D eigenvalue weighted by molar-refractivity contribution is -0.147. The molecule has 2 rings (SSSR count). The van der Waals surface area contributed by atoms with Crippen molar-refractivity contribution in [3.05, 3.63) is 34.3 Å². The normalized spacial score (nSPS) is 18.9. The SMILES string of the molecule is O=C(O)[C@@H]1CSCN1C(=O)Cc1ccc(Br)cc1. The van der Waals surface area contributed by atoms with Crippen LogP contribution in [0.1, 0.15) is 5.56 Å². The average molecular weight is 330 g/mol. The first-order chi connectivity index (χ1) is 8.58. The highest BCUT2D eigenvalue weighted by Crippen LogP contribution is 2.22. The number of carbonyl (C=O) groups is 2. The summed E-state index contributed by atoms with van der Waals surface area (Å²) in [7, 11) is 0. The van der Waals surface area contributed by atoms with Gasteiger partial charge in [-0.15, -0.1) is 11.8 Å². The molecule has 1 saturated heterocycles. The van der Waals surface area contributed by atoms with Crippen LogP contribution in [0.15, 0.2) is 28.7 Å². The van der Waals surface area contributed by atoms with Crippen LogP contribution in [0.5, 0.6) is 0 Å². The minimum absolute atomic E-state index is 0.130. The Morgan fingerprint density at radius 1 is 1.39 bits per heavy atom. The third-order valence-corrected chi connectivity index (χ3v) is 4.30. The van der Waals surface area contributed by atoms with Gasteiger partial charge in [0.05, 0.1) is 12.3 Å². The minimum Gasteiger partial charge on any atom is -0.480 e. The number of hydrogen-bond donors (Lipinski definition) is 1.